The summed E-state index contributed by atoms with van der Waals surface area (Å²) in [5.74, 6) is 1.30. The Morgan fingerprint density at radius 3 is 3.07 bits per heavy atom. The molecule has 0 unspecified atom stereocenters. The van der Waals surface area contributed by atoms with Gasteiger partial charge in [-0.2, -0.15) is 5.26 Å². The fourth-order valence-electron chi connectivity index (χ4n) is 1.46. The van der Waals surface area contributed by atoms with E-state index < -0.39 is 0 Å². The Hall–Kier alpha value is -1.56. The van der Waals surface area contributed by atoms with Crippen molar-refractivity contribution in [2.75, 3.05) is 6.61 Å². The molecule has 0 saturated heterocycles. The number of hydrogen-bond donors (Lipinski definition) is 0. The van der Waals surface area contributed by atoms with Crippen molar-refractivity contribution in [3.8, 4) is 11.8 Å². The van der Waals surface area contributed by atoms with Gasteiger partial charge in [0.15, 0.2) is 11.4 Å². The van der Waals surface area contributed by atoms with Crippen LogP contribution in [0.3, 0.4) is 0 Å². The first kappa shape index (κ1) is 9.01. The Morgan fingerprint density at radius 2 is 2.43 bits per heavy atom. The summed E-state index contributed by atoms with van der Waals surface area (Å²) in [6.45, 7) is 0.723. The standard InChI is InChI=1S/C11H12N2O/c12-7-10-11(5-2-6-13-10)14-8-9-3-1-4-9/h2,5-6,9H,1,3-4,8H2. The van der Waals surface area contributed by atoms with Crippen molar-refractivity contribution in [2.24, 2.45) is 5.92 Å². The van der Waals surface area contributed by atoms with Gasteiger partial charge < -0.3 is 4.74 Å². The summed E-state index contributed by atoms with van der Waals surface area (Å²) < 4.78 is 5.55. The molecule has 3 nitrogen and oxygen atoms in total. The van der Waals surface area contributed by atoms with E-state index in [9.17, 15) is 0 Å². The van der Waals surface area contributed by atoms with Crippen LogP contribution in [0.5, 0.6) is 5.75 Å². The lowest BCUT2D eigenvalue weighted by molar-refractivity contribution is 0.180. The summed E-state index contributed by atoms with van der Waals surface area (Å²) in [6, 6.07) is 5.60. The van der Waals surface area contributed by atoms with E-state index in [2.05, 4.69) is 4.98 Å². The van der Waals surface area contributed by atoms with Gasteiger partial charge >= 0.3 is 0 Å². The molecule has 0 radical (unpaired) electrons. The van der Waals surface area contributed by atoms with Gasteiger partial charge in [-0.15, -0.1) is 0 Å². The lowest BCUT2D eigenvalue weighted by atomic mass is 9.86. The van der Waals surface area contributed by atoms with Crippen molar-refractivity contribution in [1.29, 1.82) is 5.26 Å². The summed E-state index contributed by atoms with van der Waals surface area (Å²) in [5, 5.41) is 8.76. The fourth-order valence-corrected chi connectivity index (χ4v) is 1.46. The summed E-state index contributed by atoms with van der Waals surface area (Å²) in [6.07, 6.45) is 5.42. The molecule has 0 amide bonds. The van der Waals surface area contributed by atoms with Crippen LogP contribution in [0.4, 0.5) is 0 Å². The Bertz CT molecular complexity index is 353. The van der Waals surface area contributed by atoms with Crippen LogP contribution in [-0.4, -0.2) is 11.6 Å². The van der Waals surface area contributed by atoms with Gasteiger partial charge in [0, 0.05) is 6.20 Å². The van der Waals surface area contributed by atoms with E-state index in [-0.39, 0.29) is 0 Å². The molecular formula is C11H12N2O. The number of pyridine rings is 1. The highest BCUT2D eigenvalue weighted by atomic mass is 16.5. The van der Waals surface area contributed by atoms with Crippen molar-refractivity contribution < 1.29 is 4.74 Å². The van der Waals surface area contributed by atoms with Crippen molar-refractivity contribution in [3.05, 3.63) is 24.0 Å². The molecule has 1 aromatic heterocycles. The van der Waals surface area contributed by atoms with Gasteiger partial charge in [0.05, 0.1) is 6.61 Å². The lowest BCUT2D eigenvalue weighted by Crippen LogP contribution is -2.19. The van der Waals surface area contributed by atoms with Crippen LogP contribution in [0.15, 0.2) is 18.3 Å². The molecule has 0 aliphatic heterocycles. The maximum Gasteiger partial charge on any atom is 0.182 e. The van der Waals surface area contributed by atoms with E-state index in [0.717, 1.165) is 6.61 Å². The van der Waals surface area contributed by atoms with Gasteiger partial charge in [0.1, 0.15) is 6.07 Å². The third-order valence-corrected chi connectivity index (χ3v) is 2.58. The molecule has 1 aromatic rings. The highest BCUT2D eigenvalue weighted by Crippen LogP contribution is 2.27. The molecule has 0 spiro atoms. The molecule has 1 aliphatic carbocycles. The summed E-state index contributed by atoms with van der Waals surface area (Å²) >= 11 is 0. The molecule has 1 fully saturated rings. The van der Waals surface area contributed by atoms with Crippen molar-refractivity contribution >= 4 is 0 Å². The Balaban J connectivity index is 1.97. The van der Waals surface area contributed by atoms with Crippen LogP contribution in [0.25, 0.3) is 0 Å². The SMILES string of the molecule is N#Cc1ncccc1OCC1CCC1. The van der Waals surface area contributed by atoms with Crippen LogP contribution in [0.1, 0.15) is 25.0 Å². The topological polar surface area (TPSA) is 45.9 Å². The third-order valence-electron chi connectivity index (χ3n) is 2.58. The second-order valence-corrected chi connectivity index (χ2v) is 3.57. The maximum atomic E-state index is 8.76. The van der Waals surface area contributed by atoms with Crippen molar-refractivity contribution in [3.63, 3.8) is 0 Å². The average molecular weight is 188 g/mol. The molecule has 0 bridgehead atoms. The molecule has 1 aliphatic rings. The minimum Gasteiger partial charge on any atom is -0.490 e. The summed E-state index contributed by atoms with van der Waals surface area (Å²) in [4.78, 5) is 3.93. The lowest BCUT2D eigenvalue weighted by Gasteiger charge is -2.25. The highest BCUT2D eigenvalue weighted by molar-refractivity contribution is 5.36. The van der Waals surface area contributed by atoms with Gasteiger partial charge in [0.2, 0.25) is 0 Å². The average Bonchev–Trinajstić information content (AvgIpc) is 2.16. The molecule has 14 heavy (non-hydrogen) atoms. The van der Waals surface area contributed by atoms with Crippen LogP contribution in [-0.2, 0) is 0 Å². The molecule has 0 atom stereocenters. The molecule has 0 N–H and O–H groups in total. The minimum atomic E-state index is 0.381. The quantitative estimate of drug-likeness (QED) is 0.730. The summed E-state index contributed by atoms with van der Waals surface area (Å²) in [5.41, 5.74) is 0.381. The first-order chi connectivity index (χ1) is 6.90. The number of nitrogens with zero attached hydrogens (tertiary/aromatic N) is 2. The first-order valence-corrected chi connectivity index (χ1v) is 4.88. The number of hydrogen-bond acceptors (Lipinski definition) is 3. The predicted molar refractivity (Wildman–Crippen MR) is 51.8 cm³/mol. The Morgan fingerprint density at radius 1 is 1.57 bits per heavy atom. The zero-order chi connectivity index (χ0) is 9.80. The fraction of sp³-hybridized carbons (Fsp3) is 0.455. The monoisotopic (exact) mass is 188 g/mol. The van der Waals surface area contributed by atoms with Gasteiger partial charge in [-0.3, -0.25) is 0 Å². The molecule has 2 rings (SSSR count). The van der Waals surface area contributed by atoms with Crippen LogP contribution < -0.4 is 4.74 Å². The second kappa shape index (κ2) is 4.10. The number of nitriles is 1. The van der Waals surface area contributed by atoms with E-state index in [1.54, 1.807) is 18.3 Å². The molecular weight excluding hydrogens is 176 g/mol. The number of rotatable bonds is 3. The Labute approximate surface area is 83.3 Å². The van der Waals surface area contributed by atoms with Gasteiger partial charge in [-0.25, -0.2) is 4.98 Å². The van der Waals surface area contributed by atoms with E-state index in [0.29, 0.717) is 17.4 Å². The maximum absolute atomic E-state index is 8.76. The smallest absolute Gasteiger partial charge is 0.182 e. The number of aromatic nitrogens is 1. The van der Waals surface area contributed by atoms with Crippen molar-refractivity contribution in [1.82, 2.24) is 4.98 Å². The van der Waals surface area contributed by atoms with E-state index in [4.69, 9.17) is 10.00 Å². The molecule has 0 aromatic carbocycles. The Kier molecular flexibility index (Phi) is 2.64. The van der Waals surface area contributed by atoms with Crippen LogP contribution in [0, 0.1) is 17.2 Å². The van der Waals surface area contributed by atoms with Gasteiger partial charge in [0.25, 0.3) is 0 Å². The second-order valence-electron chi connectivity index (χ2n) is 3.57. The zero-order valence-corrected chi connectivity index (χ0v) is 7.94. The first-order valence-electron chi connectivity index (χ1n) is 4.88. The van der Waals surface area contributed by atoms with Crippen LogP contribution >= 0.6 is 0 Å². The van der Waals surface area contributed by atoms with Gasteiger partial charge in [-0.1, -0.05) is 6.42 Å². The van der Waals surface area contributed by atoms with Crippen molar-refractivity contribution in [2.45, 2.75) is 19.3 Å². The number of ether oxygens (including phenoxy) is 1. The predicted octanol–water partition coefficient (Wildman–Crippen LogP) is 2.13. The zero-order valence-electron chi connectivity index (χ0n) is 7.94. The minimum absolute atomic E-state index is 0.381. The normalized spacial score (nSPS) is 15.6. The van der Waals surface area contributed by atoms with E-state index in [1.165, 1.54) is 19.3 Å². The van der Waals surface area contributed by atoms with Crippen LogP contribution in [0.2, 0.25) is 0 Å². The highest BCUT2D eigenvalue weighted by Gasteiger charge is 2.18. The third kappa shape index (κ3) is 1.85. The summed E-state index contributed by atoms with van der Waals surface area (Å²) in [7, 11) is 0. The van der Waals surface area contributed by atoms with E-state index in [1.807, 2.05) is 6.07 Å². The van der Waals surface area contributed by atoms with E-state index >= 15 is 0 Å². The van der Waals surface area contributed by atoms with Gasteiger partial charge in [-0.05, 0) is 30.9 Å². The largest absolute Gasteiger partial charge is 0.490 e. The molecule has 1 saturated carbocycles. The molecule has 3 heteroatoms. The molecule has 72 valence electrons. The molecule has 1 heterocycles.